The topological polar surface area (TPSA) is 32.7 Å². The molecule has 2 aromatic rings. The fourth-order valence-corrected chi connectivity index (χ4v) is 3.62. The summed E-state index contributed by atoms with van der Waals surface area (Å²) < 4.78 is 0. The first-order chi connectivity index (χ1) is 10.1. The highest BCUT2D eigenvalue weighted by atomic mass is 35.5. The first-order valence-electron chi connectivity index (χ1n) is 6.19. The van der Waals surface area contributed by atoms with E-state index in [9.17, 15) is 4.79 Å². The van der Waals surface area contributed by atoms with Crippen molar-refractivity contribution in [1.29, 1.82) is 0 Å². The van der Waals surface area contributed by atoms with Gasteiger partial charge >= 0.3 is 0 Å². The average Bonchev–Trinajstić information content (AvgIpc) is 3.07. The molecule has 0 bridgehead atoms. The van der Waals surface area contributed by atoms with Gasteiger partial charge in [-0.2, -0.15) is 0 Å². The molecule has 1 aromatic heterocycles. The Kier molecular flexibility index (Phi) is 4.14. The number of carbonyl (C=O) groups excluding carboxylic acids is 1. The normalized spacial score (nSPS) is 19.0. The minimum absolute atomic E-state index is 0.0267. The van der Waals surface area contributed by atoms with E-state index in [0.29, 0.717) is 15.1 Å². The highest BCUT2D eigenvalue weighted by Crippen LogP contribution is 2.33. The van der Waals surface area contributed by atoms with Crippen LogP contribution in [-0.4, -0.2) is 23.0 Å². The summed E-state index contributed by atoms with van der Waals surface area (Å²) in [6.07, 6.45) is 1.90. The summed E-state index contributed by atoms with van der Waals surface area (Å²) >= 11 is 8.85. The number of aliphatic imine (C=N–C) groups is 1. The zero-order chi connectivity index (χ0) is 14.8. The van der Waals surface area contributed by atoms with Gasteiger partial charge in [0.25, 0.3) is 5.91 Å². The highest BCUT2D eigenvalue weighted by molar-refractivity contribution is 8.18. The third-order valence-corrected chi connectivity index (χ3v) is 5.00. The molecule has 1 saturated heterocycles. The number of thioether (sulfide) groups is 1. The molecule has 0 radical (unpaired) electrons. The van der Waals surface area contributed by atoms with Gasteiger partial charge in [0.05, 0.1) is 10.6 Å². The molecule has 3 nitrogen and oxygen atoms in total. The van der Waals surface area contributed by atoms with Crippen molar-refractivity contribution in [3.63, 3.8) is 0 Å². The zero-order valence-corrected chi connectivity index (χ0v) is 13.5. The Labute approximate surface area is 136 Å². The quantitative estimate of drug-likeness (QED) is 0.750. The van der Waals surface area contributed by atoms with Gasteiger partial charge in [-0.1, -0.05) is 17.7 Å². The van der Waals surface area contributed by atoms with Crippen molar-refractivity contribution in [1.82, 2.24) is 4.90 Å². The molecule has 0 unspecified atom stereocenters. The fourth-order valence-electron chi connectivity index (χ4n) is 1.78. The van der Waals surface area contributed by atoms with Crippen LogP contribution >= 0.6 is 34.7 Å². The van der Waals surface area contributed by atoms with Crippen molar-refractivity contribution in [2.45, 2.75) is 0 Å². The molecule has 0 N–H and O–H groups in total. The lowest BCUT2D eigenvalue weighted by molar-refractivity contribution is -0.121. The Balaban J connectivity index is 1.88. The van der Waals surface area contributed by atoms with Gasteiger partial charge in [0, 0.05) is 16.9 Å². The van der Waals surface area contributed by atoms with Crippen LogP contribution in [0.1, 0.15) is 4.88 Å². The van der Waals surface area contributed by atoms with Crippen molar-refractivity contribution < 1.29 is 4.79 Å². The molecule has 1 aliphatic heterocycles. The zero-order valence-electron chi connectivity index (χ0n) is 11.1. The molecule has 0 saturated carbocycles. The molecule has 6 heteroatoms. The summed E-state index contributed by atoms with van der Waals surface area (Å²) in [5.41, 5.74) is 0.777. The Bertz CT molecular complexity index is 721. The van der Waals surface area contributed by atoms with Crippen LogP contribution in [0, 0.1) is 0 Å². The van der Waals surface area contributed by atoms with Crippen molar-refractivity contribution >= 4 is 57.5 Å². The van der Waals surface area contributed by atoms with Gasteiger partial charge in [0.2, 0.25) is 0 Å². The summed E-state index contributed by atoms with van der Waals surface area (Å²) in [5, 5.41) is 3.33. The van der Waals surface area contributed by atoms with E-state index in [2.05, 4.69) is 4.99 Å². The second-order valence-electron chi connectivity index (χ2n) is 4.36. The van der Waals surface area contributed by atoms with Crippen LogP contribution in [0.25, 0.3) is 6.08 Å². The lowest BCUT2D eigenvalue weighted by Crippen LogP contribution is -2.23. The van der Waals surface area contributed by atoms with E-state index in [-0.39, 0.29) is 5.91 Å². The highest BCUT2D eigenvalue weighted by Gasteiger charge is 2.30. The maximum Gasteiger partial charge on any atom is 0.266 e. The van der Waals surface area contributed by atoms with Gasteiger partial charge in [0.1, 0.15) is 0 Å². The molecule has 106 valence electrons. The van der Waals surface area contributed by atoms with Crippen LogP contribution in [0.15, 0.2) is 51.7 Å². The van der Waals surface area contributed by atoms with E-state index < -0.39 is 0 Å². The predicted molar refractivity (Wildman–Crippen MR) is 91.2 cm³/mol. The van der Waals surface area contributed by atoms with Gasteiger partial charge in [0.15, 0.2) is 5.17 Å². The molecule has 3 rings (SSSR count). The Morgan fingerprint density at radius 3 is 2.67 bits per heavy atom. The number of carbonyl (C=O) groups is 1. The number of amides is 1. The SMILES string of the molecule is CN1C(=O)/C(=C/c2cccs2)SC1=Nc1ccc(Cl)cc1. The van der Waals surface area contributed by atoms with Crippen LogP contribution in [0.5, 0.6) is 0 Å². The minimum Gasteiger partial charge on any atom is -0.290 e. The molecular weight excluding hydrogens is 324 g/mol. The molecule has 0 aliphatic carbocycles. The van der Waals surface area contributed by atoms with Crippen LogP contribution in [0.3, 0.4) is 0 Å². The van der Waals surface area contributed by atoms with E-state index in [1.807, 2.05) is 35.7 Å². The molecule has 2 heterocycles. The summed E-state index contributed by atoms with van der Waals surface area (Å²) in [4.78, 5) is 20.0. The first-order valence-corrected chi connectivity index (χ1v) is 8.26. The third-order valence-electron chi connectivity index (χ3n) is 2.87. The largest absolute Gasteiger partial charge is 0.290 e. The number of rotatable bonds is 2. The third kappa shape index (κ3) is 3.20. The van der Waals surface area contributed by atoms with Gasteiger partial charge in [-0.15, -0.1) is 11.3 Å². The number of hydrogen-bond acceptors (Lipinski definition) is 4. The fraction of sp³-hybridized carbons (Fsp3) is 0.0667. The van der Waals surface area contributed by atoms with E-state index in [1.54, 1.807) is 35.4 Å². The van der Waals surface area contributed by atoms with Gasteiger partial charge in [-0.05, 0) is 53.5 Å². The second-order valence-corrected chi connectivity index (χ2v) is 6.79. The van der Waals surface area contributed by atoms with E-state index >= 15 is 0 Å². The van der Waals surface area contributed by atoms with Crippen LogP contribution < -0.4 is 0 Å². The van der Waals surface area contributed by atoms with E-state index in [4.69, 9.17) is 11.6 Å². The smallest absolute Gasteiger partial charge is 0.266 e. The molecular formula is C15H11ClN2OS2. The number of hydrogen-bond donors (Lipinski definition) is 0. The second kappa shape index (κ2) is 6.05. The minimum atomic E-state index is -0.0267. The Morgan fingerprint density at radius 1 is 1.24 bits per heavy atom. The molecule has 21 heavy (non-hydrogen) atoms. The van der Waals surface area contributed by atoms with Gasteiger partial charge < -0.3 is 0 Å². The molecule has 0 spiro atoms. The number of amidine groups is 1. The Morgan fingerprint density at radius 2 is 2.00 bits per heavy atom. The maximum absolute atomic E-state index is 12.2. The van der Waals surface area contributed by atoms with E-state index in [0.717, 1.165) is 10.6 Å². The Hall–Kier alpha value is -1.56. The summed E-state index contributed by atoms with van der Waals surface area (Å²) in [7, 11) is 1.74. The molecule has 1 aromatic carbocycles. The predicted octanol–water partition coefficient (Wildman–Crippen LogP) is 4.64. The molecule has 1 fully saturated rings. The van der Waals surface area contributed by atoms with Crippen molar-refractivity contribution in [3.05, 3.63) is 56.6 Å². The molecule has 1 amide bonds. The standard InChI is InChI=1S/C15H11ClN2OS2/c1-18-14(19)13(9-12-3-2-8-20-12)21-15(18)17-11-6-4-10(16)5-7-11/h2-9H,1H3/b13-9-,17-15?. The summed E-state index contributed by atoms with van der Waals surface area (Å²) in [5.74, 6) is -0.0267. The number of benzene rings is 1. The van der Waals surface area contributed by atoms with Crippen LogP contribution in [0.4, 0.5) is 5.69 Å². The van der Waals surface area contributed by atoms with E-state index in [1.165, 1.54) is 11.8 Å². The lowest BCUT2D eigenvalue weighted by atomic mass is 10.3. The molecule has 1 aliphatic rings. The van der Waals surface area contributed by atoms with Crippen molar-refractivity contribution in [3.8, 4) is 0 Å². The lowest BCUT2D eigenvalue weighted by Gasteiger charge is -2.06. The van der Waals surface area contributed by atoms with Gasteiger partial charge in [-0.3, -0.25) is 9.69 Å². The molecule has 0 atom stereocenters. The monoisotopic (exact) mass is 334 g/mol. The number of halogens is 1. The average molecular weight is 335 g/mol. The maximum atomic E-state index is 12.2. The van der Waals surface area contributed by atoms with Crippen molar-refractivity contribution in [2.75, 3.05) is 7.05 Å². The first kappa shape index (κ1) is 14.4. The van der Waals surface area contributed by atoms with Crippen molar-refractivity contribution in [2.24, 2.45) is 4.99 Å². The number of thiophene rings is 1. The van der Waals surface area contributed by atoms with Gasteiger partial charge in [-0.25, -0.2) is 4.99 Å². The van der Waals surface area contributed by atoms with Crippen LogP contribution in [0.2, 0.25) is 5.02 Å². The van der Waals surface area contributed by atoms with Crippen LogP contribution in [-0.2, 0) is 4.79 Å². The summed E-state index contributed by atoms with van der Waals surface area (Å²) in [6.45, 7) is 0. The number of nitrogens with zero attached hydrogens (tertiary/aromatic N) is 2. The summed E-state index contributed by atoms with van der Waals surface area (Å²) in [6, 6.07) is 11.2. The number of likely N-dealkylation sites (N-methyl/N-ethyl adjacent to an activating group) is 1.